The third kappa shape index (κ3) is 5.00. The minimum atomic E-state index is 0.117. The Labute approximate surface area is 97.3 Å². The number of aliphatic imine (C=N–C) groups is 1. The molecule has 1 aliphatic rings. The van der Waals surface area contributed by atoms with E-state index in [-0.39, 0.29) is 5.91 Å². The number of carbonyl (C=O) groups is 1. The van der Waals surface area contributed by atoms with Crippen LogP contribution in [0.3, 0.4) is 0 Å². The molecule has 0 aromatic carbocycles. The first kappa shape index (κ1) is 12.8. The van der Waals surface area contributed by atoms with Crippen molar-refractivity contribution >= 4 is 11.9 Å². The van der Waals surface area contributed by atoms with Crippen molar-refractivity contribution in [2.24, 2.45) is 4.99 Å². The van der Waals surface area contributed by atoms with Crippen molar-refractivity contribution in [1.29, 1.82) is 0 Å². The Bertz CT molecular complexity index is 259. The standard InChI is InChI=1S/C11H22N4O/c1-4-12-11(14-9-5-6-9)13-8-7-10(16)15(2)3/h9H,4-8H2,1-3H3,(H2,12,13,14). The van der Waals surface area contributed by atoms with Gasteiger partial charge in [0.2, 0.25) is 5.91 Å². The van der Waals surface area contributed by atoms with Gasteiger partial charge in [-0.1, -0.05) is 0 Å². The van der Waals surface area contributed by atoms with Crippen LogP contribution in [0, 0.1) is 0 Å². The van der Waals surface area contributed by atoms with E-state index in [9.17, 15) is 4.79 Å². The Hall–Kier alpha value is -1.26. The maximum atomic E-state index is 11.3. The van der Waals surface area contributed by atoms with Crippen LogP contribution in [0.15, 0.2) is 4.99 Å². The molecule has 1 amide bonds. The Morgan fingerprint density at radius 1 is 1.44 bits per heavy atom. The Balaban J connectivity index is 2.28. The van der Waals surface area contributed by atoms with Crippen LogP contribution in [0.1, 0.15) is 26.2 Å². The second-order valence-corrected chi connectivity index (χ2v) is 4.22. The number of amides is 1. The predicted molar refractivity (Wildman–Crippen MR) is 65.4 cm³/mol. The summed E-state index contributed by atoms with van der Waals surface area (Å²) in [6, 6.07) is 0.586. The van der Waals surface area contributed by atoms with Gasteiger partial charge in [-0.15, -0.1) is 0 Å². The van der Waals surface area contributed by atoms with Crippen molar-refractivity contribution in [3.63, 3.8) is 0 Å². The lowest BCUT2D eigenvalue weighted by Crippen LogP contribution is -2.38. The Morgan fingerprint density at radius 2 is 2.12 bits per heavy atom. The topological polar surface area (TPSA) is 56.7 Å². The number of nitrogens with one attached hydrogen (secondary N) is 2. The number of hydrogen-bond acceptors (Lipinski definition) is 2. The maximum absolute atomic E-state index is 11.3. The number of rotatable bonds is 5. The van der Waals surface area contributed by atoms with Gasteiger partial charge >= 0.3 is 0 Å². The molecule has 1 aliphatic carbocycles. The highest BCUT2D eigenvalue weighted by Gasteiger charge is 2.21. The normalized spacial score (nSPS) is 15.8. The van der Waals surface area contributed by atoms with E-state index in [1.807, 2.05) is 6.92 Å². The Kier molecular flexibility index (Phi) is 5.08. The van der Waals surface area contributed by atoms with E-state index < -0.39 is 0 Å². The molecule has 16 heavy (non-hydrogen) atoms. The molecule has 1 fully saturated rings. The summed E-state index contributed by atoms with van der Waals surface area (Å²) < 4.78 is 0. The molecule has 0 radical (unpaired) electrons. The summed E-state index contributed by atoms with van der Waals surface area (Å²) in [7, 11) is 3.53. The summed E-state index contributed by atoms with van der Waals surface area (Å²) in [4.78, 5) is 17.3. The van der Waals surface area contributed by atoms with Crippen LogP contribution < -0.4 is 10.6 Å². The zero-order chi connectivity index (χ0) is 12.0. The van der Waals surface area contributed by atoms with Crippen LogP contribution in [0.5, 0.6) is 0 Å². The molecule has 5 nitrogen and oxygen atoms in total. The van der Waals surface area contributed by atoms with Gasteiger partial charge in [-0.3, -0.25) is 9.79 Å². The minimum absolute atomic E-state index is 0.117. The molecule has 0 aromatic rings. The summed E-state index contributed by atoms with van der Waals surface area (Å²) >= 11 is 0. The van der Waals surface area contributed by atoms with Crippen molar-refractivity contribution < 1.29 is 4.79 Å². The average Bonchev–Trinajstić information content (AvgIpc) is 3.01. The average molecular weight is 226 g/mol. The first-order valence-electron chi connectivity index (χ1n) is 5.88. The lowest BCUT2D eigenvalue weighted by atomic mass is 10.4. The smallest absolute Gasteiger partial charge is 0.223 e. The van der Waals surface area contributed by atoms with Crippen molar-refractivity contribution in [2.75, 3.05) is 27.2 Å². The number of carbonyl (C=O) groups excluding carboxylic acids is 1. The molecule has 0 aliphatic heterocycles. The molecule has 0 heterocycles. The van der Waals surface area contributed by atoms with E-state index in [0.29, 0.717) is 19.0 Å². The first-order chi connectivity index (χ1) is 7.63. The van der Waals surface area contributed by atoms with Gasteiger partial charge in [0.1, 0.15) is 0 Å². The summed E-state index contributed by atoms with van der Waals surface area (Å²) in [5, 5.41) is 6.48. The molecule has 5 heteroatoms. The van der Waals surface area contributed by atoms with Gasteiger partial charge in [-0.2, -0.15) is 0 Å². The zero-order valence-corrected chi connectivity index (χ0v) is 10.4. The zero-order valence-electron chi connectivity index (χ0n) is 10.4. The van der Waals surface area contributed by atoms with Gasteiger partial charge in [0, 0.05) is 33.1 Å². The summed E-state index contributed by atoms with van der Waals surface area (Å²) in [5.41, 5.74) is 0. The summed E-state index contributed by atoms with van der Waals surface area (Å²) in [5.74, 6) is 0.947. The molecule has 0 spiro atoms. The molecule has 2 N–H and O–H groups in total. The van der Waals surface area contributed by atoms with Gasteiger partial charge in [0.25, 0.3) is 0 Å². The van der Waals surface area contributed by atoms with E-state index in [0.717, 1.165) is 12.5 Å². The number of guanidine groups is 1. The van der Waals surface area contributed by atoms with Gasteiger partial charge in [0.05, 0.1) is 6.54 Å². The van der Waals surface area contributed by atoms with Gasteiger partial charge < -0.3 is 15.5 Å². The molecular weight excluding hydrogens is 204 g/mol. The first-order valence-corrected chi connectivity index (χ1v) is 5.88. The number of nitrogens with zero attached hydrogens (tertiary/aromatic N) is 2. The summed E-state index contributed by atoms with van der Waals surface area (Å²) in [6.07, 6.45) is 2.91. The molecule has 0 bridgehead atoms. The van der Waals surface area contributed by atoms with Crippen LogP contribution in [-0.2, 0) is 4.79 Å². The van der Waals surface area contributed by atoms with Crippen molar-refractivity contribution in [1.82, 2.24) is 15.5 Å². The van der Waals surface area contributed by atoms with Gasteiger partial charge in [-0.05, 0) is 19.8 Å². The van der Waals surface area contributed by atoms with Crippen molar-refractivity contribution in [3.8, 4) is 0 Å². The molecule has 0 atom stereocenters. The predicted octanol–water partition coefficient (Wildman–Crippen LogP) is 0.182. The summed E-state index contributed by atoms with van der Waals surface area (Å²) in [6.45, 7) is 3.42. The lowest BCUT2D eigenvalue weighted by Gasteiger charge is -2.11. The molecular formula is C11H22N4O. The highest BCUT2D eigenvalue weighted by molar-refractivity contribution is 5.81. The molecule has 0 aromatic heterocycles. The van der Waals surface area contributed by atoms with E-state index in [2.05, 4.69) is 15.6 Å². The van der Waals surface area contributed by atoms with Crippen LogP contribution >= 0.6 is 0 Å². The molecule has 1 saturated carbocycles. The van der Waals surface area contributed by atoms with Gasteiger partial charge in [-0.25, -0.2) is 0 Å². The maximum Gasteiger partial charge on any atom is 0.223 e. The largest absolute Gasteiger partial charge is 0.357 e. The molecule has 92 valence electrons. The third-order valence-corrected chi connectivity index (χ3v) is 2.36. The van der Waals surface area contributed by atoms with Crippen molar-refractivity contribution in [3.05, 3.63) is 0 Å². The van der Waals surface area contributed by atoms with E-state index >= 15 is 0 Å². The Morgan fingerprint density at radius 3 is 2.62 bits per heavy atom. The fourth-order valence-corrected chi connectivity index (χ4v) is 1.23. The lowest BCUT2D eigenvalue weighted by molar-refractivity contribution is -0.128. The molecule has 0 saturated heterocycles. The minimum Gasteiger partial charge on any atom is -0.357 e. The second kappa shape index (κ2) is 6.35. The van der Waals surface area contributed by atoms with Crippen LogP contribution in [-0.4, -0.2) is 50.0 Å². The fraction of sp³-hybridized carbons (Fsp3) is 0.818. The van der Waals surface area contributed by atoms with E-state index in [1.54, 1.807) is 19.0 Å². The van der Waals surface area contributed by atoms with Crippen LogP contribution in [0.4, 0.5) is 0 Å². The SMILES string of the molecule is CCNC(=NCCC(=O)N(C)C)NC1CC1. The van der Waals surface area contributed by atoms with Gasteiger partial charge in [0.15, 0.2) is 5.96 Å². The quantitative estimate of drug-likeness (QED) is 0.519. The fourth-order valence-electron chi connectivity index (χ4n) is 1.23. The van der Waals surface area contributed by atoms with E-state index in [4.69, 9.17) is 0 Å². The third-order valence-electron chi connectivity index (χ3n) is 2.36. The highest BCUT2D eigenvalue weighted by atomic mass is 16.2. The number of hydrogen-bond donors (Lipinski definition) is 2. The molecule has 1 rings (SSSR count). The van der Waals surface area contributed by atoms with Crippen LogP contribution in [0.2, 0.25) is 0 Å². The second-order valence-electron chi connectivity index (χ2n) is 4.22. The van der Waals surface area contributed by atoms with E-state index in [1.165, 1.54) is 12.8 Å². The van der Waals surface area contributed by atoms with Crippen molar-refractivity contribution in [2.45, 2.75) is 32.2 Å². The highest BCUT2D eigenvalue weighted by Crippen LogP contribution is 2.18. The molecule has 0 unspecified atom stereocenters. The monoisotopic (exact) mass is 226 g/mol. The van der Waals surface area contributed by atoms with Crippen LogP contribution in [0.25, 0.3) is 0 Å².